The Labute approximate surface area is 430 Å². The molecule has 5 aromatic heterocycles. The molecule has 13 rings (SSSR count). The Morgan fingerprint density at radius 2 is 0.827 bits per heavy atom. The molecule has 0 N–H and O–H groups in total. The summed E-state index contributed by atoms with van der Waals surface area (Å²) >= 11 is 0. The number of esters is 2. The normalized spacial score (nSPS) is 11.5. The number of fused-ring (bicyclic) bond motifs is 9. The van der Waals surface area contributed by atoms with Crippen molar-refractivity contribution in [3.63, 3.8) is 0 Å². The van der Waals surface area contributed by atoms with Crippen LogP contribution in [0.5, 0.6) is 0 Å². The van der Waals surface area contributed by atoms with Crippen LogP contribution in [-0.2, 0) is 32.3 Å². The minimum atomic E-state index is -0.474. The van der Waals surface area contributed by atoms with E-state index in [1.54, 1.807) is 0 Å². The van der Waals surface area contributed by atoms with Crippen LogP contribution in [0.4, 0.5) is 0 Å². The zero-order valence-corrected chi connectivity index (χ0v) is 40.4. The van der Waals surface area contributed by atoms with Crippen LogP contribution in [0.2, 0.25) is 0 Å². The van der Waals surface area contributed by atoms with Gasteiger partial charge in [0.1, 0.15) is 24.4 Å². The third-order valence-corrected chi connectivity index (χ3v) is 14.1. The number of ether oxygens (including phenoxy) is 2. The number of rotatable bonds is 12. The largest absolute Gasteiger partial charge is 0.458 e. The van der Waals surface area contributed by atoms with Crippen molar-refractivity contribution in [1.29, 1.82) is 0 Å². The number of carbonyl (C=O) groups is 2. The molecule has 0 amide bonds. The summed E-state index contributed by atoms with van der Waals surface area (Å²) in [5, 5.41) is 6.07. The van der Waals surface area contributed by atoms with Gasteiger partial charge in [0, 0.05) is 79.4 Å². The molecule has 0 aliphatic heterocycles. The molecule has 0 aliphatic rings. The van der Waals surface area contributed by atoms with Gasteiger partial charge in [-0.2, -0.15) is 0 Å². The lowest BCUT2D eigenvalue weighted by molar-refractivity contribution is -0.139. The minimum Gasteiger partial charge on any atom is -0.458 e. The van der Waals surface area contributed by atoms with E-state index in [9.17, 15) is 9.59 Å². The zero-order chi connectivity index (χ0) is 50.6. The summed E-state index contributed by atoms with van der Waals surface area (Å²) in [6.45, 7) is 7.39. The summed E-state index contributed by atoms with van der Waals surface area (Å²) in [6.07, 6.45) is 6.00. The van der Waals surface area contributed by atoms with E-state index >= 15 is 0 Å². The van der Waals surface area contributed by atoms with Crippen LogP contribution in [0.3, 0.4) is 0 Å². The second kappa shape index (κ2) is 18.5. The molecular formula is C66H44N4O5. The quantitative estimate of drug-likeness (QED) is 0.0887. The number of furan rings is 1. The highest BCUT2D eigenvalue weighted by molar-refractivity contribution is 6.14. The molecule has 0 saturated heterocycles. The van der Waals surface area contributed by atoms with E-state index in [4.69, 9.17) is 23.9 Å². The lowest BCUT2D eigenvalue weighted by Crippen LogP contribution is -2.00. The van der Waals surface area contributed by atoms with E-state index in [1.807, 2.05) is 85.2 Å². The molecule has 0 fully saturated rings. The van der Waals surface area contributed by atoms with Gasteiger partial charge in [-0.3, -0.25) is 9.97 Å². The van der Waals surface area contributed by atoms with Crippen LogP contribution in [0, 0.1) is 0 Å². The molecule has 9 nitrogen and oxygen atoms in total. The Morgan fingerprint density at radius 1 is 0.427 bits per heavy atom. The lowest BCUT2D eigenvalue weighted by Gasteiger charge is -2.11. The number of hydrogen-bond donors (Lipinski definition) is 0. The Balaban J connectivity index is 0.966. The fraction of sp³-hybridized carbons (Fsp3) is 0.0303. The highest BCUT2D eigenvalue weighted by Gasteiger charge is 2.21. The molecule has 8 aromatic carbocycles. The van der Waals surface area contributed by atoms with Crippen molar-refractivity contribution < 1.29 is 23.5 Å². The number of hydrogen-bond acceptors (Lipinski definition) is 7. The number of carbonyl (C=O) groups excluding carboxylic acids is 2. The van der Waals surface area contributed by atoms with Crippen LogP contribution in [0.25, 0.3) is 122 Å². The van der Waals surface area contributed by atoms with Gasteiger partial charge < -0.3 is 23.0 Å². The number of nitrogens with zero attached hydrogens (tertiary/aromatic N) is 4. The van der Waals surface area contributed by atoms with E-state index in [1.165, 1.54) is 12.2 Å². The molecule has 0 atom stereocenters. The van der Waals surface area contributed by atoms with Gasteiger partial charge in [-0.15, -0.1) is 0 Å². The second-order valence-electron chi connectivity index (χ2n) is 18.4. The van der Waals surface area contributed by atoms with Crippen LogP contribution in [0.15, 0.2) is 236 Å². The average Bonchev–Trinajstić information content (AvgIpc) is 4.16. The predicted molar refractivity (Wildman–Crippen MR) is 300 cm³/mol. The summed E-state index contributed by atoms with van der Waals surface area (Å²) in [5.41, 5.74) is 17.3. The van der Waals surface area contributed by atoms with Crippen molar-refractivity contribution in [2.45, 2.75) is 13.2 Å². The van der Waals surface area contributed by atoms with Crippen molar-refractivity contribution in [3.05, 3.63) is 243 Å². The maximum absolute atomic E-state index is 12.2. The maximum Gasteiger partial charge on any atom is 0.330 e. The lowest BCUT2D eigenvalue weighted by atomic mass is 9.96. The molecule has 0 bridgehead atoms. The first-order valence-corrected chi connectivity index (χ1v) is 24.6. The van der Waals surface area contributed by atoms with Gasteiger partial charge in [-0.25, -0.2) is 9.59 Å². The summed E-state index contributed by atoms with van der Waals surface area (Å²) in [5.74, 6) is -0.947. The summed E-state index contributed by atoms with van der Waals surface area (Å²) < 4.78 is 22.2. The fourth-order valence-electron chi connectivity index (χ4n) is 10.6. The molecule has 13 aromatic rings. The van der Waals surface area contributed by atoms with E-state index < -0.39 is 11.9 Å². The highest BCUT2D eigenvalue weighted by Crippen LogP contribution is 2.42. The Bertz CT molecular complexity index is 4170. The van der Waals surface area contributed by atoms with E-state index in [0.717, 1.165) is 133 Å². The van der Waals surface area contributed by atoms with Crippen molar-refractivity contribution in [3.8, 4) is 56.1 Å². The van der Waals surface area contributed by atoms with E-state index in [2.05, 4.69) is 144 Å². The molecule has 75 heavy (non-hydrogen) atoms. The molecule has 358 valence electrons. The first kappa shape index (κ1) is 44.8. The van der Waals surface area contributed by atoms with Crippen LogP contribution < -0.4 is 0 Å². The molecular weight excluding hydrogens is 929 g/mol. The highest BCUT2D eigenvalue weighted by atomic mass is 16.5. The van der Waals surface area contributed by atoms with Gasteiger partial charge in [0.25, 0.3) is 0 Å². The van der Waals surface area contributed by atoms with Crippen molar-refractivity contribution in [2.24, 2.45) is 0 Å². The standard InChI is InChI=1S/C66H44N4O5/c1-3-65(71)73-39-41-19-25-59-51(33-41)53-35-43(47-13-5-7-15-49(47)57-17-9-11-31-67-57)21-27-61(53)69(59)45-23-29-63-55(37-45)56-38-46(24-30-64(56)75-63)70-60-26-20-42(40-74-66(72)4-2)34-52(60)54-36-44(22-28-62(54)70)48-14-6-8-16-50(48)58-18-10-12-32-68-58/h3-38H,1-2,39-40H2. The van der Waals surface area contributed by atoms with Gasteiger partial charge in [0.2, 0.25) is 0 Å². The van der Waals surface area contributed by atoms with E-state index in [0.29, 0.717) is 0 Å². The maximum atomic E-state index is 12.2. The van der Waals surface area contributed by atoms with Crippen LogP contribution in [-0.4, -0.2) is 31.0 Å². The average molecular weight is 973 g/mol. The molecule has 9 heteroatoms. The Morgan fingerprint density at radius 3 is 1.24 bits per heavy atom. The molecule has 0 aliphatic carbocycles. The number of pyridine rings is 2. The van der Waals surface area contributed by atoms with Gasteiger partial charge in [0.05, 0.1) is 33.5 Å². The third kappa shape index (κ3) is 7.91. The molecule has 5 heterocycles. The van der Waals surface area contributed by atoms with E-state index in [-0.39, 0.29) is 13.2 Å². The first-order chi connectivity index (χ1) is 36.9. The van der Waals surface area contributed by atoms with Gasteiger partial charge >= 0.3 is 11.9 Å². The van der Waals surface area contributed by atoms with Crippen molar-refractivity contribution >= 4 is 77.5 Å². The summed E-state index contributed by atoms with van der Waals surface area (Å²) in [4.78, 5) is 33.8. The van der Waals surface area contributed by atoms with Gasteiger partial charge in [-0.1, -0.05) is 98.1 Å². The molecule has 0 radical (unpaired) electrons. The molecule has 0 spiro atoms. The number of benzene rings is 8. The predicted octanol–water partition coefficient (Wildman–Crippen LogP) is 15.7. The van der Waals surface area contributed by atoms with Crippen molar-refractivity contribution in [1.82, 2.24) is 19.1 Å². The minimum absolute atomic E-state index is 0.115. The topological polar surface area (TPSA) is 101 Å². The number of aromatic nitrogens is 4. The summed E-state index contributed by atoms with van der Waals surface area (Å²) in [7, 11) is 0. The zero-order valence-electron chi connectivity index (χ0n) is 40.4. The van der Waals surface area contributed by atoms with Crippen LogP contribution >= 0.6 is 0 Å². The Kier molecular flexibility index (Phi) is 11.0. The molecule has 0 unspecified atom stereocenters. The monoisotopic (exact) mass is 972 g/mol. The summed E-state index contributed by atoms with van der Waals surface area (Å²) in [6, 6.07) is 67.0. The second-order valence-corrected chi connectivity index (χ2v) is 18.4. The smallest absolute Gasteiger partial charge is 0.330 e. The van der Waals surface area contributed by atoms with Crippen molar-refractivity contribution in [2.75, 3.05) is 0 Å². The fourth-order valence-corrected chi connectivity index (χ4v) is 10.6. The molecule has 0 saturated carbocycles. The van der Waals surface area contributed by atoms with Crippen LogP contribution in [0.1, 0.15) is 11.1 Å². The van der Waals surface area contributed by atoms with Gasteiger partial charge in [-0.05, 0) is 143 Å². The first-order valence-electron chi connectivity index (χ1n) is 24.6. The SMILES string of the molecule is C=CC(=O)OCc1ccc2c(c1)c1cc(-c3ccccc3-c3ccccn3)ccc1n2-c1ccc2oc3ccc(-n4c5ccc(COC(=O)C=C)cc5c5cc(-c6ccccc6-c6ccccn6)ccc54)cc3c2c1. The van der Waals surface area contributed by atoms with Gasteiger partial charge in [0.15, 0.2) is 0 Å². The Hall–Kier alpha value is -10.1. The third-order valence-electron chi connectivity index (χ3n) is 14.1.